The number of methoxy groups -OCH3 is 1. The first-order valence-electron chi connectivity index (χ1n) is 4.91. The van der Waals surface area contributed by atoms with Crippen LogP contribution in [0.4, 0.5) is 0 Å². The van der Waals surface area contributed by atoms with Crippen molar-refractivity contribution in [2.24, 2.45) is 0 Å². The van der Waals surface area contributed by atoms with Crippen LogP contribution in [-0.2, 0) is 9.53 Å². The number of H-pyrrole nitrogens is 1. The zero-order chi connectivity index (χ0) is 12.3. The molecule has 0 saturated carbocycles. The van der Waals surface area contributed by atoms with Crippen LogP contribution in [0.3, 0.4) is 0 Å². The van der Waals surface area contributed by atoms with Gasteiger partial charge in [0.25, 0.3) is 0 Å². The summed E-state index contributed by atoms with van der Waals surface area (Å²) in [5.74, 6) is 4.44. The summed E-state index contributed by atoms with van der Waals surface area (Å²) in [6.07, 6.45) is 2.42. The van der Waals surface area contributed by atoms with E-state index in [4.69, 9.17) is 0 Å². The number of aldehydes is 1. The molecule has 2 rings (SSSR count). The Balaban J connectivity index is 2.41. The lowest BCUT2D eigenvalue weighted by molar-refractivity contribution is -0.133. The van der Waals surface area contributed by atoms with Crippen LogP contribution in [0.5, 0.6) is 0 Å². The number of carbonyl (C=O) groups excluding carboxylic acids is 2. The van der Waals surface area contributed by atoms with Crippen LogP contribution in [0.15, 0.2) is 24.4 Å². The van der Waals surface area contributed by atoms with Gasteiger partial charge >= 0.3 is 5.97 Å². The van der Waals surface area contributed by atoms with Crippen molar-refractivity contribution in [1.82, 2.24) is 4.98 Å². The molecule has 1 heterocycles. The standard InChI is InChI=1S/C13H9NO3/c1-17-13(16)5-3-9-2-4-11-10(8-15)7-14-12(11)6-9/h2,4,6-8,14H,1H3. The van der Waals surface area contributed by atoms with Crippen molar-refractivity contribution < 1.29 is 14.3 Å². The van der Waals surface area contributed by atoms with E-state index in [1.165, 1.54) is 7.11 Å². The zero-order valence-corrected chi connectivity index (χ0v) is 9.11. The van der Waals surface area contributed by atoms with Crippen molar-refractivity contribution in [3.8, 4) is 11.8 Å². The van der Waals surface area contributed by atoms with Gasteiger partial charge in [0, 0.05) is 34.1 Å². The highest BCUT2D eigenvalue weighted by molar-refractivity contribution is 5.97. The highest BCUT2D eigenvalue weighted by Crippen LogP contribution is 2.17. The van der Waals surface area contributed by atoms with Gasteiger partial charge in [-0.1, -0.05) is 12.0 Å². The van der Waals surface area contributed by atoms with E-state index in [9.17, 15) is 9.59 Å². The van der Waals surface area contributed by atoms with Gasteiger partial charge in [0.1, 0.15) is 0 Å². The van der Waals surface area contributed by atoms with E-state index in [0.717, 1.165) is 17.2 Å². The first-order valence-corrected chi connectivity index (χ1v) is 4.91. The second kappa shape index (κ2) is 4.54. The molecule has 0 atom stereocenters. The van der Waals surface area contributed by atoms with Crippen molar-refractivity contribution in [1.29, 1.82) is 0 Å². The van der Waals surface area contributed by atoms with Gasteiger partial charge in [-0.2, -0.15) is 0 Å². The Hall–Kier alpha value is -2.54. The van der Waals surface area contributed by atoms with Crippen LogP contribution in [0, 0.1) is 11.8 Å². The number of fused-ring (bicyclic) bond motifs is 1. The summed E-state index contributed by atoms with van der Waals surface area (Å²) in [6.45, 7) is 0. The fraction of sp³-hybridized carbons (Fsp3) is 0.0769. The van der Waals surface area contributed by atoms with Gasteiger partial charge in [-0.25, -0.2) is 4.79 Å². The number of carbonyl (C=O) groups is 2. The lowest BCUT2D eigenvalue weighted by Gasteiger charge is -1.92. The number of hydrogen-bond acceptors (Lipinski definition) is 3. The van der Waals surface area contributed by atoms with Gasteiger partial charge in [-0.3, -0.25) is 4.79 Å². The largest absolute Gasteiger partial charge is 0.459 e. The molecule has 1 N–H and O–H groups in total. The van der Waals surface area contributed by atoms with E-state index in [2.05, 4.69) is 21.6 Å². The molecule has 0 saturated heterocycles. The number of esters is 1. The van der Waals surface area contributed by atoms with Crippen LogP contribution < -0.4 is 0 Å². The van der Waals surface area contributed by atoms with Crippen molar-refractivity contribution in [2.75, 3.05) is 7.11 Å². The fourth-order valence-corrected chi connectivity index (χ4v) is 1.50. The molecule has 2 aromatic rings. The third-order valence-corrected chi connectivity index (χ3v) is 2.34. The molecule has 4 heteroatoms. The van der Waals surface area contributed by atoms with Gasteiger partial charge < -0.3 is 9.72 Å². The molecule has 0 aliphatic carbocycles. The SMILES string of the molecule is COC(=O)C#Cc1ccc2c(C=O)c[nH]c2c1. The highest BCUT2D eigenvalue weighted by atomic mass is 16.5. The van der Waals surface area contributed by atoms with E-state index in [1.54, 1.807) is 24.4 Å². The summed E-state index contributed by atoms with van der Waals surface area (Å²) in [5.41, 5.74) is 2.10. The number of benzene rings is 1. The molecule has 0 aliphatic rings. The molecule has 0 radical (unpaired) electrons. The van der Waals surface area contributed by atoms with E-state index >= 15 is 0 Å². The van der Waals surface area contributed by atoms with Gasteiger partial charge in [0.15, 0.2) is 6.29 Å². The molecule has 0 fully saturated rings. The fourth-order valence-electron chi connectivity index (χ4n) is 1.50. The average Bonchev–Trinajstić information content (AvgIpc) is 2.78. The van der Waals surface area contributed by atoms with Crippen LogP contribution >= 0.6 is 0 Å². The Kier molecular flexibility index (Phi) is 2.93. The maximum absolute atomic E-state index is 10.8. The van der Waals surface area contributed by atoms with Crippen molar-refractivity contribution >= 4 is 23.2 Å². The maximum atomic E-state index is 10.8. The van der Waals surface area contributed by atoms with Crippen LogP contribution in [0.1, 0.15) is 15.9 Å². The van der Waals surface area contributed by atoms with Crippen molar-refractivity contribution in [2.45, 2.75) is 0 Å². The number of rotatable bonds is 1. The molecule has 1 aromatic carbocycles. The Morgan fingerprint density at radius 1 is 1.47 bits per heavy atom. The Morgan fingerprint density at radius 2 is 2.29 bits per heavy atom. The third-order valence-electron chi connectivity index (χ3n) is 2.34. The molecule has 0 aliphatic heterocycles. The first kappa shape index (κ1) is 11.0. The van der Waals surface area contributed by atoms with E-state index < -0.39 is 5.97 Å². The zero-order valence-electron chi connectivity index (χ0n) is 9.11. The summed E-state index contributed by atoms with van der Waals surface area (Å²) in [7, 11) is 1.28. The van der Waals surface area contributed by atoms with Crippen LogP contribution in [0.2, 0.25) is 0 Å². The smallest absolute Gasteiger partial charge is 0.384 e. The predicted octanol–water partition coefficient (Wildman–Crippen LogP) is 1.50. The molecule has 84 valence electrons. The number of ether oxygens (including phenoxy) is 1. The summed E-state index contributed by atoms with van der Waals surface area (Å²) in [6, 6.07) is 5.31. The lowest BCUT2D eigenvalue weighted by Crippen LogP contribution is -1.94. The molecular formula is C13H9NO3. The Labute approximate surface area is 97.6 Å². The molecule has 17 heavy (non-hydrogen) atoms. The van der Waals surface area contributed by atoms with E-state index in [0.29, 0.717) is 11.1 Å². The van der Waals surface area contributed by atoms with Crippen LogP contribution in [0.25, 0.3) is 10.9 Å². The minimum absolute atomic E-state index is 0.579. The quantitative estimate of drug-likeness (QED) is 0.456. The molecular weight excluding hydrogens is 218 g/mol. The number of aromatic amines is 1. The van der Waals surface area contributed by atoms with Crippen LogP contribution in [-0.4, -0.2) is 24.3 Å². The minimum atomic E-state index is -0.579. The molecule has 0 amide bonds. The maximum Gasteiger partial charge on any atom is 0.384 e. The van der Waals surface area contributed by atoms with E-state index in [1.807, 2.05) is 0 Å². The monoisotopic (exact) mass is 227 g/mol. The average molecular weight is 227 g/mol. The number of aromatic nitrogens is 1. The summed E-state index contributed by atoms with van der Waals surface area (Å²) >= 11 is 0. The van der Waals surface area contributed by atoms with Gasteiger partial charge in [0.05, 0.1) is 7.11 Å². The summed E-state index contributed by atoms with van der Waals surface area (Å²) in [4.78, 5) is 24.5. The predicted molar refractivity (Wildman–Crippen MR) is 62.6 cm³/mol. The molecule has 0 bridgehead atoms. The second-order valence-corrected chi connectivity index (χ2v) is 3.36. The molecule has 0 unspecified atom stereocenters. The lowest BCUT2D eigenvalue weighted by atomic mass is 10.1. The van der Waals surface area contributed by atoms with E-state index in [-0.39, 0.29) is 0 Å². The normalized spacial score (nSPS) is 9.47. The highest BCUT2D eigenvalue weighted by Gasteiger charge is 2.02. The third kappa shape index (κ3) is 2.18. The summed E-state index contributed by atoms with van der Waals surface area (Å²) < 4.78 is 4.41. The molecule has 4 nitrogen and oxygen atoms in total. The van der Waals surface area contributed by atoms with Gasteiger partial charge in [0.2, 0.25) is 0 Å². The number of nitrogens with one attached hydrogen (secondary N) is 1. The second-order valence-electron chi connectivity index (χ2n) is 3.36. The Morgan fingerprint density at radius 3 is 3.00 bits per heavy atom. The first-order chi connectivity index (χ1) is 8.24. The Bertz CT molecular complexity index is 643. The number of hydrogen-bond donors (Lipinski definition) is 1. The van der Waals surface area contributed by atoms with Crippen molar-refractivity contribution in [3.05, 3.63) is 35.5 Å². The van der Waals surface area contributed by atoms with Crippen molar-refractivity contribution in [3.63, 3.8) is 0 Å². The van der Waals surface area contributed by atoms with Gasteiger partial charge in [-0.15, -0.1) is 0 Å². The minimum Gasteiger partial charge on any atom is -0.459 e. The topological polar surface area (TPSA) is 59.2 Å². The molecule has 1 aromatic heterocycles. The van der Waals surface area contributed by atoms with Gasteiger partial charge in [-0.05, 0) is 12.1 Å². The summed E-state index contributed by atoms with van der Waals surface area (Å²) in [5, 5.41) is 0.837. The molecule has 0 spiro atoms.